The number of sulfonamides is 1. The number of aryl methyl sites for hydroxylation is 2. The minimum atomic E-state index is -3.50. The number of nitrogens with zero attached hydrogens (tertiary/aromatic N) is 4. The van der Waals surface area contributed by atoms with Crippen molar-refractivity contribution in [3.63, 3.8) is 0 Å². The van der Waals surface area contributed by atoms with Gasteiger partial charge in [0.05, 0.1) is 16.2 Å². The Bertz CT molecular complexity index is 1170. The Hall–Kier alpha value is -1.75. The van der Waals surface area contributed by atoms with Gasteiger partial charge in [0.2, 0.25) is 10.0 Å². The molecule has 0 spiro atoms. The van der Waals surface area contributed by atoms with Crippen LogP contribution < -0.4 is 5.73 Å². The number of nitrogen functional groups attached to an aromatic ring is 1. The molecule has 0 aliphatic heterocycles. The highest BCUT2D eigenvalue weighted by Gasteiger charge is 2.22. The van der Waals surface area contributed by atoms with E-state index in [0.717, 1.165) is 28.1 Å². The fraction of sp³-hybridized carbons (Fsp3) is 0.476. The van der Waals surface area contributed by atoms with Gasteiger partial charge in [0.1, 0.15) is 21.4 Å². The van der Waals surface area contributed by atoms with Crippen LogP contribution in [0, 0.1) is 0 Å². The third-order valence-electron chi connectivity index (χ3n) is 5.54. The van der Waals surface area contributed by atoms with Crippen LogP contribution in [0.15, 0.2) is 28.3 Å². The predicted molar refractivity (Wildman–Crippen MR) is 127 cm³/mol. The summed E-state index contributed by atoms with van der Waals surface area (Å²) < 4.78 is 26.6. The lowest BCUT2D eigenvalue weighted by molar-refractivity contribution is 0.445. The molecule has 4 rings (SSSR count). The topological polar surface area (TPSA) is 102 Å². The minimum absolute atomic E-state index is 0.211. The zero-order valence-electron chi connectivity index (χ0n) is 17.8. The first-order valence-corrected chi connectivity index (χ1v) is 13.8. The zero-order valence-corrected chi connectivity index (χ0v) is 20.2. The molecule has 166 valence electrons. The van der Waals surface area contributed by atoms with E-state index >= 15 is 0 Å². The highest BCUT2D eigenvalue weighted by Crippen LogP contribution is 2.37. The SMILES string of the molecule is CCN(CC)S(=O)(=O)c1ccc(SCc2nc(N)c3c4c(sc3n2)CCCCC4)nc1. The molecule has 0 radical (unpaired) electrons. The zero-order chi connectivity index (χ0) is 22.0. The molecule has 0 bridgehead atoms. The second kappa shape index (κ2) is 9.40. The second-order valence-electron chi connectivity index (χ2n) is 7.48. The van der Waals surface area contributed by atoms with E-state index in [0.29, 0.717) is 30.5 Å². The Morgan fingerprint density at radius 3 is 2.61 bits per heavy atom. The number of thiophene rings is 1. The van der Waals surface area contributed by atoms with Gasteiger partial charge in [0, 0.05) is 24.2 Å². The van der Waals surface area contributed by atoms with E-state index in [4.69, 9.17) is 10.7 Å². The third-order valence-corrected chi connectivity index (χ3v) is 9.70. The van der Waals surface area contributed by atoms with Crippen molar-refractivity contribution >= 4 is 49.2 Å². The van der Waals surface area contributed by atoms with Crippen molar-refractivity contribution in [2.75, 3.05) is 18.8 Å². The van der Waals surface area contributed by atoms with Crippen LogP contribution in [0.3, 0.4) is 0 Å². The molecular weight excluding hydrogens is 450 g/mol. The maximum atomic E-state index is 12.6. The maximum Gasteiger partial charge on any atom is 0.244 e. The van der Waals surface area contributed by atoms with Crippen molar-refractivity contribution < 1.29 is 8.42 Å². The number of anilines is 1. The number of rotatable bonds is 7. The first kappa shape index (κ1) is 22.4. The summed E-state index contributed by atoms with van der Waals surface area (Å²) in [5.74, 6) is 1.76. The molecule has 3 aromatic rings. The van der Waals surface area contributed by atoms with Crippen molar-refractivity contribution in [3.8, 4) is 0 Å². The Kier molecular flexibility index (Phi) is 6.80. The number of hydrogen-bond acceptors (Lipinski definition) is 8. The van der Waals surface area contributed by atoms with Crippen LogP contribution in [-0.2, 0) is 28.6 Å². The molecule has 0 unspecified atom stereocenters. The van der Waals surface area contributed by atoms with Gasteiger partial charge in [-0.3, -0.25) is 0 Å². The lowest BCUT2D eigenvalue weighted by Gasteiger charge is -2.18. The highest BCUT2D eigenvalue weighted by atomic mass is 32.2. The fourth-order valence-electron chi connectivity index (χ4n) is 3.93. The van der Waals surface area contributed by atoms with Gasteiger partial charge in [-0.05, 0) is 43.4 Å². The molecule has 1 aliphatic carbocycles. The van der Waals surface area contributed by atoms with Crippen LogP contribution in [0.1, 0.15) is 49.4 Å². The van der Waals surface area contributed by atoms with Crippen molar-refractivity contribution in [3.05, 3.63) is 34.6 Å². The molecule has 1 aliphatic rings. The quantitative estimate of drug-likeness (QED) is 0.401. The lowest BCUT2D eigenvalue weighted by atomic mass is 10.1. The number of aromatic nitrogens is 3. The number of hydrogen-bond donors (Lipinski definition) is 1. The van der Waals surface area contributed by atoms with Crippen LogP contribution in [0.25, 0.3) is 10.2 Å². The summed E-state index contributed by atoms with van der Waals surface area (Å²) in [6.07, 6.45) is 7.27. The Balaban J connectivity index is 1.50. The fourth-order valence-corrected chi connectivity index (χ4v) is 7.32. The number of nitrogens with two attached hydrogens (primary N) is 1. The maximum absolute atomic E-state index is 12.6. The molecule has 3 heterocycles. The largest absolute Gasteiger partial charge is 0.383 e. The summed E-state index contributed by atoms with van der Waals surface area (Å²) in [5.41, 5.74) is 7.68. The molecule has 0 amide bonds. The summed E-state index contributed by atoms with van der Waals surface area (Å²) in [4.78, 5) is 16.2. The van der Waals surface area contributed by atoms with E-state index < -0.39 is 10.0 Å². The summed E-state index contributed by atoms with van der Waals surface area (Å²) >= 11 is 3.22. The van der Waals surface area contributed by atoms with Crippen LogP contribution in [-0.4, -0.2) is 40.8 Å². The molecule has 0 atom stereocenters. The third kappa shape index (κ3) is 4.57. The molecule has 31 heavy (non-hydrogen) atoms. The smallest absolute Gasteiger partial charge is 0.244 e. The highest BCUT2D eigenvalue weighted by molar-refractivity contribution is 7.98. The van der Waals surface area contributed by atoms with Crippen molar-refractivity contribution in [2.24, 2.45) is 0 Å². The van der Waals surface area contributed by atoms with Gasteiger partial charge >= 0.3 is 0 Å². The molecular formula is C21H27N5O2S3. The molecule has 2 N–H and O–H groups in total. The van der Waals surface area contributed by atoms with E-state index in [1.165, 1.54) is 52.0 Å². The molecule has 0 saturated carbocycles. The van der Waals surface area contributed by atoms with Crippen LogP contribution in [0.5, 0.6) is 0 Å². The predicted octanol–water partition coefficient (Wildman–Crippen LogP) is 4.26. The number of thioether (sulfide) groups is 1. The average Bonchev–Trinajstić information content (AvgIpc) is 2.95. The minimum Gasteiger partial charge on any atom is -0.383 e. The molecule has 0 fully saturated rings. The molecule has 10 heteroatoms. The van der Waals surface area contributed by atoms with Gasteiger partial charge in [0.25, 0.3) is 0 Å². The van der Waals surface area contributed by atoms with E-state index in [-0.39, 0.29) is 4.90 Å². The van der Waals surface area contributed by atoms with Crippen molar-refractivity contribution in [2.45, 2.75) is 61.6 Å². The van der Waals surface area contributed by atoms with E-state index in [1.807, 2.05) is 13.8 Å². The molecule has 7 nitrogen and oxygen atoms in total. The summed E-state index contributed by atoms with van der Waals surface area (Å²) in [6.45, 7) is 4.52. The van der Waals surface area contributed by atoms with Gasteiger partial charge in [-0.15, -0.1) is 11.3 Å². The standard InChI is InChI=1S/C21H27N5O2S3/c1-3-26(4-2)31(27,28)14-10-11-18(23-12-14)29-13-17-24-20(22)19-15-8-6-5-7-9-16(15)30-21(19)25-17/h10-12H,3-9,13H2,1-2H3,(H2,22,24,25). The van der Waals surface area contributed by atoms with Gasteiger partial charge in [-0.2, -0.15) is 4.31 Å². The van der Waals surface area contributed by atoms with E-state index in [9.17, 15) is 8.42 Å². The Labute approximate surface area is 191 Å². The normalized spacial score (nSPS) is 14.7. The monoisotopic (exact) mass is 477 g/mol. The molecule has 0 saturated heterocycles. The van der Waals surface area contributed by atoms with Gasteiger partial charge in [0.15, 0.2) is 0 Å². The average molecular weight is 478 g/mol. The van der Waals surface area contributed by atoms with Crippen LogP contribution in [0.4, 0.5) is 5.82 Å². The van der Waals surface area contributed by atoms with Crippen LogP contribution >= 0.6 is 23.1 Å². The summed E-state index contributed by atoms with van der Waals surface area (Å²) in [7, 11) is -3.50. The van der Waals surface area contributed by atoms with E-state index in [1.54, 1.807) is 23.5 Å². The first-order chi connectivity index (χ1) is 14.9. The first-order valence-electron chi connectivity index (χ1n) is 10.6. The lowest BCUT2D eigenvalue weighted by Crippen LogP contribution is -2.30. The Morgan fingerprint density at radius 1 is 1.13 bits per heavy atom. The van der Waals surface area contributed by atoms with Gasteiger partial charge < -0.3 is 5.73 Å². The van der Waals surface area contributed by atoms with Crippen LogP contribution in [0.2, 0.25) is 0 Å². The summed E-state index contributed by atoms with van der Waals surface area (Å²) in [5, 5.41) is 1.77. The molecule has 3 aromatic heterocycles. The number of pyridine rings is 1. The number of fused-ring (bicyclic) bond motifs is 3. The summed E-state index contributed by atoms with van der Waals surface area (Å²) in [6, 6.07) is 3.34. The second-order valence-corrected chi connectivity index (χ2v) is 11.5. The molecule has 0 aromatic carbocycles. The Morgan fingerprint density at radius 2 is 1.90 bits per heavy atom. The van der Waals surface area contributed by atoms with Gasteiger partial charge in [-0.1, -0.05) is 32.0 Å². The van der Waals surface area contributed by atoms with Crippen molar-refractivity contribution in [1.82, 2.24) is 19.3 Å². The van der Waals surface area contributed by atoms with E-state index in [2.05, 4.69) is 9.97 Å². The van der Waals surface area contributed by atoms with Crippen molar-refractivity contribution in [1.29, 1.82) is 0 Å². The van der Waals surface area contributed by atoms with Gasteiger partial charge in [-0.25, -0.2) is 23.4 Å².